The monoisotopic (exact) mass is 487 g/mol. The fourth-order valence-corrected chi connectivity index (χ4v) is 4.83. The van der Waals surface area contributed by atoms with Crippen LogP contribution in [-0.4, -0.2) is 27.9 Å². The topological polar surface area (TPSA) is 74.6 Å². The van der Waals surface area contributed by atoms with E-state index in [0.29, 0.717) is 40.7 Å². The molecule has 2 N–H and O–H groups in total. The summed E-state index contributed by atoms with van der Waals surface area (Å²) in [6.07, 6.45) is 6.45. The number of aliphatic imine (C=N–C) groups is 1. The molecule has 0 radical (unpaired) electrons. The molecule has 35 heavy (non-hydrogen) atoms. The Morgan fingerprint density at radius 2 is 2.00 bits per heavy atom. The van der Waals surface area contributed by atoms with Gasteiger partial charge in [-0.2, -0.15) is 0 Å². The molecule has 1 aliphatic heterocycles. The van der Waals surface area contributed by atoms with Crippen LogP contribution in [0.25, 0.3) is 11.1 Å². The highest BCUT2D eigenvalue weighted by atomic mass is 35.5. The second-order valence-electron chi connectivity index (χ2n) is 8.70. The normalized spacial score (nSPS) is 16.5. The van der Waals surface area contributed by atoms with Crippen LogP contribution in [-0.2, 0) is 6.54 Å². The highest BCUT2D eigenvalue weighted by Gasteiger charge is 2.27. The van der Waals surface area contributed by atoms with Crippen LogP contribution in [0, 0.1) is 13.8 Å². The predicted octanol–water partition coefficient (Wildman–Crippen LogP) is 6.99. The summed E-state index contributed by atoms with van der Waals surface area (Å²) in [5, 5.41) is 13.2. The fourth-order valence-electron chi connectivity index (χ4n) is 4.66. The molecule has 3 aromatic rings. The first-order valence-electron chi connectivity index (χ1n) is 11.3. The smallest absolute Gasteiger partial charge is 0.335 e. The SMILES string of the molecule is Cc1cc(Nc2ncc3c(c2C)-c2ccc(Cl)cc2C(C2=CC=CCC2F)=NC3)ccc1C(=O)O. The zero-order chi connectivity index (χ0) is 24.7. The second-order valence-corrected chi connectivity index (χ2v) is 9.14. The van der Waals surface area contributed by atoms with Crippen molar-refractivity contribution in [3.05, 3.63) is 99.2 Å². The Bertz CT molecular complexity index is 1460. The molecule has 1 atom stereocenters. The Balaban J connectivity index is 1.61. The Morgan fingerprint density at radius 1 is 1.17 bits per heavy atom. The second kappa shape index (κ2) is 9.12. The van der Waals surface area contributed by atoms with E-state index in [1.165, 1.54) is 0 Å². The number of allylic oxidation sites excluding steroid dienone is 4. The van der Waals surface area contributed by atoms with Crippen LogP contribution < -0.4 is 5.32 Å². The van der Waals surface area contributed by atoms with Gasteiger partial charge < -0.3 is 10.4 Å². The summed E-state index contributed by atoms with van der Waals surface area (Å²) in [4.78, 5) is 20.8. The molecule has 2 heterocycles. The molecule has 1 aromatic heterocycles. The largest absolute Gasteiger partial charge is 0.478 e. The molecule has 0 saturated carbocycles. The summed E-state index contributed by atoms with van der Waals surface area (Å²) in [5.74, 6) is -0.308. The van der Waals surface area contributed by atoms with E-state index in [0.717, 1.165) is 33.5 Å². The molecular weight excluding hydrogens is 465 g/mol. The van der Waals surface area contributed by atoms with Gasteiger partial charge in [-0.05, 0) is 66.4 Å². The zero-order valence-corrected chi connectivity index (χ0v) is 20.0. The molecule has 0 fully saturated rings. The average molecular weight is 488 g/mol. The number of hydrogen-bond acceptors (Lipinski definition) is 4. The van der Waals surface area contributed by atoms with Crippen LogP contribution in [0.5, 0.6) is 0 Å². The highest BCUT2D eigenvalue weighted by molar-refractivity contribution is 6.31. The number of fused-ring (bicyclic) bond motifs is 3. The van der Waals surface area contributed by atoms with Gasteiger partial charge in [0.25, 0.3) is 0 Å². The van der Waals surface area contributed by atoms with E-state index in [-0.39, 0.29) is 5.56 Å². The Labute approximate surface area is 207 Å². The number of aromatic nitrogens is 1. The molecule has 2 aromatic carbocycles. The van der Waals surface area contributed by atoms with E-state index in [1.807, 2.05) is 37.3 Å². The summed E-state index contributed by atoms with van der Waals surface area (Å²) in [6.45, 7) is 4.11. The number of alkyl halides is 1. The summed E-state index contributed by atoms with van der Waals surface area (Å²) < 4.78 is 14.9. The maximum absolute atomic E-state index is 14.9. The third-order valence-electron chi connectivity index (χ3n) is 6.40. The number of carboxylic acids is 1. The molecule has 7 heteroatoms. The van der Waals surface area contributed by atoms with Gasteiger partial charge in [-0.1, -0.05) is 35.9 Å². The first-order chi connectivity index (χ1) is 16.8. The molecule has 5 rings (SSSR count). The third-order valence-corrected chi connectivity index (χ3v) is 6.63. The van der Waals surface area contributed by atoms with Gasteiger partial charge in [-0.15, -0.1) is 0 Å². The van der Waals surface area contributed by atoms with Crippen LogP contribution >= 0.6 is 11.6 Å². The first kappa shape index (κ1) is 23.0. The molecule has 1 unspecified atom stereocenters. The minimum absolute atomic E-state index is 0.260. The predicted molar refractivity (Wildman–Crippen MR) is 138 cm³/mol. The molecule has 1 aliphatic carbocycles. The van der Waals surface area contributed by atoms with Gasteiger partial charge in [0.1, 0.15) is 12.0 Å². The van der Waals surface area contributed by atoms with Gasteiger partial charge in [0.05, 0.1) is 17.8 Å². The molecule has 5 nitrogen and oxygen atoms in total. The molecule has 0 bridgehead atoms. The number of carbonyl (C=O) groups is 1. The number of nitrogens with zero attached hydrogens (tertiary/aromatic N) is 2. The van der Waals surface area contributed by atoms with E-state index in [1.54, 1.807) is 37.4 Å². The molecular formula is C28H23ClFN3O2. The minimum atomic E-state index is -1.12. The number of pyridine rings is 1. The lowest BCUT2D eigenvalue weighted by Gasteiger charge is -2.19. The quantitative estimate of drug-likeness (QED) is 0.416. The lowest BCUT2D eigenvalue weighted by atomic mass is 9.88. The van der Waals surface area contributed by atoms with Crippen LogP contribution in [0.1, 0.15) is 39.0 Å². The molecule has 0 spiro atoms. The standard InChI is InChI=1S/C28H23ClFN3O2/c1-15-11-19(8-10-20(15)28(34)35)33-27-16(2)25-17(14-32-27)13-31-26(22-5-3-4-6-24(22)30)23-12-18(29)7-9-21(23)25/h3-5,7-12,14,24H,6,13H2,1-2H3,(H,32,33)(H,34,35). The van der Waals surface area contributed by atoms with Crippen molar-refractivity contribution in [1.82, 2.24) is 4.98 Å². The number of hydrogen-bond donors (Lipinski definition) is 2. The van der Waals surface area contributed by atoms with Crippen molar-refractivity contribution < 1.29 is 14.3 Å². The maximum Gasteiger partial charge on any atom is 0.335 e. The molecule has 0 amide bonds. The number of carboxylic acid groups (broad SMARTS) is 1. The van der Waals surface area contributed by atoms with Crippen molar-refractivity contribution in [3.63, 3.8) is 0 Å². The number of nitrogens with one attached hydrogen (secondary N) is 1. The number of anilines is 2. The van der Waals surface area contributed by atoms with E-state index in [2.05, 4.69) is 10.3 Å². The third kappa shape index (κ3) is 4.26. The Hall–Kier alpha value is -3.77. The number of aromatic carboxylic acids is 1. The van der Waals surface area contributed by atoms with Crippen LogP contribution in [0.15, 0.2) is 71.4 Å². The summed E-state index contributed by atoms with van der Waals surface area (Å²) in [5.41, 5.74) is 7.37. The lowest BCUT2D eigenvalue weighted by Crippen LogP contribution is -2.17. The van der Waals surface area contributed by atoms with Crippen molar-refractivity contribution in [2.24, 2.45) is 4.99 Å². The lowest BCUT2D eigenvalue weighted by molar-refractivity contribution is 0.0696. The van der Waals surface area contributed by atoms with E-state index in [4.69, 9.17) is 16.6 Å². The molecule has 2 aliphatic rings. The van der Waals surface area contributed by atoms with Crippen LogP contribution in [0.3, 0.4) is 0 Å². The first-order valence-corrected chi connectivity index (χ1v) is 11.7. The van der Waals surface area contributed by atoms with Gasteiger partial charge in [-0.25, -0.2) is 14.2 Å². The van der Waals surface area contributed by atoms with Crippen LogP contribution in [0.2, 0.25) is 5.02 Å². The van der Waals surface area contributed by atoms with Crippen molar-refractivity contribution in [3.8, 4) is 11.1 Å². The Kier molecular flexibility index (Phi) is 5.99. The van der Waals surface area contributed by atoms with Crippen molar-refractivity contribution in [2.45, 2.75) is 33.0 Å². The van der Waals surface area contributed by atoms with Gasteiger partial charge in [0.15, 0.2) is 0 Å². The van der Waals surface area contributed by atoms with Gasteiger partial charge in [-0.3, -0.25) is 4.99 Å². The highest BCUT2D eigenvalue weighted by Crippen LogP contribution is 2.39. The fraction of sp³-hybridized carbons (Fsp3) is 0.179. The molecule has 0 saturated heterocycles. The summed E-state index contributed by atoms with van der Waals surface area (Å²) in [7, 11) is 0. The number of benzene rings is 2. The zero-order valence-electron chi connectivity index (χ0n) is 19.3. The van der Waals surface area contributed by atoms with Crippen molar-refractivity contribution in [1.29, 1.82) is 0 Å². The van der Waals surface area contributed by atoms with Crippen molar-refractivity contribution >= 4 is 34.8 Å². The minimum Gasteiger partial charge on any atom is -0.478 e. The average Bonchev–Trinajstić information content (AvgIpc) is 2.98. The number of aryl methyl sites for hydroxylation is 1. The molecule has 176 valence electrons. The van der Waals surface area contributed by atoms with E-state index >= 15 is 0 Å². The van der Waals surface area contributed by atoms with E-state index < -0.39 is 12.1 Å². The van der Waals surface area contributed by atoms with Crippen molar-refractivity contribution in [2.75, 3.05) is 5.32 Å². The van der Waals surface area contributed by atoms with E-state index in [9.17, 15) is 14.3 Å². The number of halogens is 2. The number of rotatable bonds is 4. The van der Waals surface area contributed by atoms with Crippen LogP contribution in [0.4, 0.5) is 15.9 Å². The maximum atomic E-state index is 14.9. The van der Waals surface area contributed by atoms with Gasteiger partial charge in [0, 0.05) is 40.0 Å². The Morgan fingerprint density at radius 3 is 2.74 bits per heavy atom. The summed E-state index contributed by atoms with van der Waals surface area (Å²) in [6, 6.07) is 10.7. The van der Waals surface area contributed by atoms with Gasteiger partial charge >= 0.3 is 5.97 Å². The van der Waals surface area contributed by atoms with Gasteiger partial charge in [0.2, 0.25) is 0 Å². The summed E-state index contributed by atoms with van der Waals surface area (Å²) >= 11 is 6.38.